The predicted molar refractivity (Wildman–Crippen MR) is 95.4 cm³/mol. The fourth-order valence-electron chi connectivity index (χ4n) is 5.24. The minimum atomic E-state index is -0.627. The van der Waals surface area contributed by atoms with Crippen LogP contribution in [0.15, 0.2) is 0 Å². The summed E-state index contributed by atoms with van der Waals surface area (Å²) in [6.45, 7) is 0. The van der Waals surface area contributed by atoms with Crippen molar-refractivity contribution in [3.05, 3.63) is 0 Å². The minimum absolute atomic E-state index is 0.153. The number of alkyl halides is 1. The first kappa shape index (κ1) is 18.6. The molecular weight excluding hydrogens is 374 g/mol. The molecule has 1 heterocycles. The SMILES string of the molecule is COC1CCC(C2CC(C(=O)O)C3CC(Br)CCC3N2)C(OC)C1. The summed E-state index contributed by atoms with van der Waals surface area (Å²) in [6.07, 6.45) is 7.27. The number of hydrogen-bond donors (Lipinski definition) is 2. The molecule has 8 unspecified atom stereocenters. The number of methoxy groups -OCH3 is 2. The van der Waals surface area contributed by atoms with E-state index >= 15 is 0 Å². The van der Waals surface area contributed by atoms with Crippen LogP contribution in [-0.2, 0) is 14.3 Å². The minimum Gasteiger partial charge on any atom is -0.481 e. The van der Waals surface area contributed by atoms with E-state index in [1.54, 1.807) is 14.2 Å². The Hall–Kier alpha value is -0.170. The van der Waals surface area contributed by atoms with Gasteiger partial charge in [-0.15, -0.1) is 0 Å². The lowest BCUT2D eigenvalue weighted by atomic mass is 9.67. The highest BCUT2D eigenvalue weighted by molar-refractivity contribution is 9.09. The van der Waals surface area contributed by atoms with Crippen molar-refractivity contribution >= 4 is 21.9 Å². The molecule has 2 N–H and O–H groups in total. The molecule has 0 aromatic heterocycles. The van der Waals surface area contributed by atoms with Crippen molar-refractivity contribution < 1.29 is 19.4 Å². The summed E-state index contributed by atoms with van der Waals surface area (Å²) in [6, 6.07) is 0.568. The second-order valence-corrected chi connectivity index (χ2v) is 9.04. The largest absolute Gasteiger partial charge is 0.481 e. The van der Waals surface area contributed by atoms with Crippen LogP contribution < -0.4 is 5.32 Å². The highest BCUT2D eigenvalue weighted by Crippen LogP contribution is 2.42. The Morgan fingerprint density at radius 2 is 1.79 bits per heavy atom. The molecule has 0 aromatic rings. The van der Waals surface area contributed by atoms with E-state index in [1.165, 1.54) is 0 Å². The van der Waals surface area contributed by atoms with E-state index in [2.05, 4.69) is 21.2 Å². The molecule has 0 bridgehead atoms. The molecule has 0 radical (unpaired) electrons. The van der Waals surface area contributed by atoms with E-state index in [0.717, 1.165) is 44.9 Å². The number of ether oxygens (including phenoxy) is 2. The third kappa shape index (κ3) is 3.81. The number of aliphatic carboxylic acids is 1. The molecule has 0 amide bonds. The second kappa shape index (κ2) is 8.02. The van der Waals surface area contributed by atoms with E-state index in [-0.39, 0.29) is 30.1 Å². The van der Waals surface area contributed by atoms with Crippen molar-refractivity contribution in [1.82, 2.24) is 5.32 Å². The van der Waals surface area contributed by atoms with Crippen molar-refractivity contribution in [3.8, 4) is 0 Å². The number of piperidine rings is 1. The van der Waals surface area contributed by atoms with Crippen LogP contribution in [0.25, 0.3) is 0 Å². The van der Waals surface area contributed by atoms with Crippen molar-refractivity contribution in [1.29, 1.82) is 0 Å². The topological polar surface area (TPSA) is 67.8 Å². The quantitative estimate of drug-likeness (QED) is 0.706. The first-order valence-electron chi connectivity index (χ1n) is 9.22. The lowest BCUT2D eigenvalue weighted by molar-refractivity contribution is -0.148. The van der Waals surface area contributed by atoms with E-state index in [4.69, 9.17) is 9.47 Å². The van der Waals surface area contributed by atoms with Crippen molar-refractivity contribution in [2.24, 2.45) is 17.8 Å². The molecule has 24 heavy (non-hydrogen) atoms. The maximum Gasteiger partial charge on any atom is 0.306 e. The van der Waals surface area contributed by atoms with Crippen LogP contribution >= 0.6 is 15.9 Å². The molecule has 3 aliphatic rings. The van der Waals surface area contributed by atoms with Gasteiger partial charge in [-0.05, 0) is 44.4 Å². The number of halogens is 1. The van der Waals surface area contributed by atoms with Crippen molar-refractivity contribution in [3.63, 3.8) is 0 Å². The molecule has 0 spiro atoms. The maximum atomic E-state index is 11.9. The molecule has 2 aliphatic carbocycles. The number of fused-ring (bicyclic) bond motifs is 1. The molecular formula is C18H30BrNO4. The normalized spacial score (nSPS) is 46.3. The molecule has 1 aliphatic heterocycles. The monoisotopic (exact) mass is 403 g/mol. The van der Waals surface area contributed by atoms with Gasteiger partial charge in [0.15, 0.2) is 0 Å². The maximum absolute atomic E-state index is 11.9. The predicted octanol–water partition coefficient (Wildman–Crippen LogP) is 2.81. The zero-order valence-electron chi connectivity index (χ0n) is 14.6. The van der Waals surface area contributed by atoms with Gasteiger partial charge < -0.3 is 19.9 Å². The van der Waals surface area contributed by atoms with Gasteiger partial charge in [0.1, 0.15) is 0 Å². The van der Waals surface area contributed by atoms with Gasteiger partial charge in [0.05, 0.1) is 18.1 Å². The second-order valence-electron chi connectivity index (χ2n) is 7.74. The van der Waals surface area contributed by atoms with Gasteiger partial charge in [-0.3, -0.25) is 4.79 Å². The average molecular weight is 404 g/mol. The molecule has 3 fully saturated rings. The van der Waals surface area contributed by atoms with Gasteiger partial charge >= 0.3 is 5.97 Å². The third-order valence-electron chi connectivity index (χ3n) is 6.55. The Morgan fingerprint density at radius 1 is 1.00 bits per heavy atom. The van der Waals surface area contributed by atoms with Gasteiger partial charge in [-0.1, -0.05) is 15.9 Å². The average Bonchev–Trinajstić information content (AvgIpc) is 2.60. The number of carbonyl (C=O) groups is 1. The Bertz CT molecular complexity index is 449. The van der Waals surface area contributed by atoms with Gasteiger partial charge in [-0.2, -0.15) is 0 Å². The summed E-state index contributed by atoms with van der Waals surface area (Å²) in [7, 11) is 3.53. The number of nitrogens with one attached hydrogen (secondary N) is 1. The number of carboxylic acid groups (broad SMARTS) is 1. The molecule has 2 saturated carbocycles. The summed E-state index contributed by atoms with van der Waals surface area (Å²) in [5.41, 5.74) is 0. The molecule has 138 valence electrons. The van der Waals surface area contributed by atoms with Crippen molar-refractivity contribution in [2.45, 2.75) is 74.1 Å². The van der Waals surface area contributed by atoms with E-state index in [0.29, 0.717) is 16.8 Å². The highest BCUT2D eigenvalue weighted by Gasteiger charge is 2.47. The van der Waals surface area contributed by atoms with Crippen LogP contribution in [0, 0.1) is 17.8 Å². The van der Waals surface area contributed by atoms with Crippen LogP contribution in [0.2, 0.25) is 0 Å². The first-order chi connectivity index (χ1) is 11.5. The van der Waals surface area contributed by atoms with Crippen LogP contribution in [0.3, 0.4) is 0 Å². The molecule has 6 heteroatoms. The standard InChI is InChI=1S/C18H30BrNO4/c1-23-11-4-5-12(17(8-11)24-2)16-9-14(18(21)22)13-7-10(19)3-6-15(13)20-16/h10-17,20H,3-9H2,1-2H3,(H,21,22). The summed E-state index contributed by atoms with van der Waals surface area (Å²) < 4.78 is 11.3. The molecule has 5 nitrogen and oxygen atoms in total. The fourth-order valence-corrected chi connectivity index (χ4v) is 5.93. The van der Waals surface area contributed by atoms with Crippen LogP contribution in [-0.4, -0.2) is 54.4 Å². The van der Waals surface area contributed by atoms with Gasteiger partial charge in [-0.25, -0.2) is 0 Å². The smallest absolute Gasteiger partial charge is 0.306 e. The summed E-state index contributed by atoms with van der Waals surface area (Å²) in [5, 5.41) is 13.6. The highest BCUT2D eigenvalue weighted by atomic mass is 79.9. The van der Waals surface area contributed by atoms with E-state index < -0.39 is 5.97 Å². The van der Waals surface area contributed by atoms with E-state index in [9.17, 15) is 9.90 Å². The molecule has 0 aromatic carbocycles. The van der Waals surface area contributed by atoms with Crippen LogP contribution in [0.5, 0.6) is 0 Å². The fraction of sp³-hybridized carbons (Fsp3) is 0.944. The Kier molecular flexibility index (Phi) is 6.22. The number of hydrogen-bond acceptors (Lipinski definition) is 4. The number of carboxylic acids is 1. The lowest BCUT2D eigenvalue weighted by Gasteiger charge is -2.49. The molecule has 8 atom stereocenters. The lowest BCUT2D eigenvalue weighted by Crippen LogP contribution is -2.59. The Labute approximate surface area is 153 Å². The van der Waals surface area contributed by atoms with Gasteiger partial charge in [0.25, 0.3) is 0 Å². The zero-order valence-corrected chi connectivity index (χ0v) is 16.2. The van der Waals surface area contributed by atoms with Crippen molar-refractivity contribution in [2.75, 3.05) is 14.2 Å². The Balaban J connectivity index is 1.73. The molecule has 1 saturated heterocycles. The van der Waals surface area contributed by atoms with Crippen LogP contribution in [0.4, 0.5) is 0 Å². The van der Waals surface area contributed by atoms with E-state index in [1.807, 2.05) is 0 Å². The summed E-state index contributed by atoms with van der Waals surface area (Å²) in [5.74, 6) is -0.240. The number of rotatable bonds is 4. The zero-order chi connectivity index (χ0) is 17.3. The summed E-state index contributed by atoms with van der Waals surface area (Å²) in [4.78, 5) is 12.4. The van der Waals surface area contributed by atoms with Gasteiger partial charge in [0.2, 0.25) is 0 Å². The first-order valence-corrected chi connectivity index (χ1v) is 10.1. The molecule has 3 rings (SSSR count). The summed E-state index contributed by atoms with van der Waals surface area (Å²) >= 11 is 3.70. The van der Waals surface area contributed by atoms with Crippen LogP contribution in [0.1, 0.15) is 44.9 Å². The Morgan fingerprint density at radius 3 is 2.46 bits per heavy atom. The van der Waals surface area contributed by atoms with Gasteiger partial charge in [0, 0.05) is 43.5 Å². The third-order valence-corrected chi connectivity index (χ3v) is 7.38.